The van der Waals surface area contributed by atoms with Crippen LogP contribution in [0, 0.1) is 0 Å². The topological polar surface area (TPSA) is 111 Å². The smallest absolute Gasteiger partial charge is 0.514 e. The Bertz CT molecular complexity index is 831. The fraction of sp³-hybridized carbons (Fsp3) is 0.278. The summed E-state index contributed by atoms with van der Waals surface area (Å²) in [5.74, 6) is 1.24. The van der Waals surface area contributed by atoms with Crippen LogP contribution in [0.1, 0.15) is 5.56 Å². The first-order valence-electron chi connectivity index (χ1n) is 7.81. The highest BCUT2D eigenvalue weighted by Gasteiger charge is 2.10. The van der Waals surface area contributed by atoms with E-state index in [1.54, 1.807) is 19.2 Å². The molecule has 0 saturated carbocycles. The average Bonchev–Trinajstić information content (AvgIpc) is 2.67. The van der Waals surface area contributed by atoms with Gasteiger partial charge in [-0.25, -0.2) is 13.2 Å². The summed E-state index contributed by atoms with van der Waals surface area (Å²) in [6.07, 6.45) is 3.56. The molecule has 10 heteroatoms. The van der Waals surface area contributed by atoms with Gasteiger partial charge in [0.15, 0.2) is 4.90 Å². The summed E-state index contributed by atoms with van der Waals surface area (Å²) in [5, 5.41) is 0. The van der Waals surface area contributed by atoms with Crippen molar-refractivity contribution in [1.82, 2.24) is 0 Å². The molecule has 0 aliphatic carbocycles. The van der Waals surface area contributed by atoms with Crippen molar-refractivity contribution < 1.29 is 36.2 Å². The summed E-state index contributed by atoms with van der Waals surface area (Å²) in [6, 6.07) is 14.8. The van der Waals surface area contributed by atoms with E-state index in [4.69, 9.17) is 14.2 Å². The van der Waals surface area contributed by atoms with Crippen LogP contribution >= 0.6 is 0 Å². The molecule has 0 fully saturated rings. The van der Waals surface area contributed by atoms with E-state index in [2.05, 4.69) is 16.7 Å². The first-order valence-corrected chi connectivity index (χ1v) is 11.2. The van der Waals surface area contributed by atoms with Gasteiger partial charge in [-0.2, -0.15) is 0 Å². The van der Waals surface area contributed by atoms with Gasteiger partial charge in [0.25, 0.3) is 0 Å². The number of methoxy groups -OCH3 is 1. The molecule has 0 aromatic heterocycles. The van der Waals surface area contributed by atoms with Crippen LogP contribution in [-0.2, 0) is 36.8 Å². The van der Waals surface area contributed by atoms with Gasteiger partial charge in [0.05, 0.1) is 14.2 Å². The van der Waals surface area contributed by atoms with Gasteiger partial charge < -0.3 is 18.8 Å². The zero-order valence-corrected chi connectivity index (χ0v) is 17.5. The monoisotopic (exact) mass is 430 g/mol. The Balaban J connectivity index is 0.000000568. The van der Waals surface area contributed by atoms with E-state index in [1.165, 1.54) is 4.90 Å². The summed E-state index contributed by atoms with van der Waals surface area (Å²) in [7, 11) is -1.81. The molecule has 2 rings (SSSR count). The second kappa shape index (κ2) is 11.5. The Kier molecular flexibility index (Phi) is 9.80. The van der Waals surface area contributed by atoms with Gasteiger partial charge in [-0.3, -0.25) is 4.18 Å². The van der Waals surface area contributed by atoms with Gasteiger partial charge >= 0.3 is 6.16 Å². The van der Waals surface area contributed by atoms with E-state index in [0.29, 0.717) is 5.75 Å². The minimum Gasteiger partial charge on any atom is -0.726 e. The second-order valence-corrected chi connectivity index (χ2v) is 8.61. The van der Waals surface area contributed by atoms with Crippen LogP contribution in [0.3, 0.4) is 0 Å². The van der Waals surface area contributed by atoms with Crippen molar-refractivity contribution in [3.05, 3.63) is 54.1 Å². The largest absolute Gasteiger partial charge is 0.726 e. The average molecular weight is 431 g/mol. The first kappa shape index (κ1) is 23.8. The maximum atomic E-state index is 11.7. The van der Waals surface area contributed by atoms with Crippen LogP contribution in [0.15, 0.2) is 53.4 Å². The van der Waals surface area contributed by atoms with E-state index in [1.807, 2.05) is 36.4 Å². The molecule has 154 valence electrons. The van der Waals surface area contributed by atoms with Gasteiger partial charge in [-0.15, -0.1) is 0 Å². The Labute approximate surface area is 167 Å². The Morgan fingerprint density at radius 1 is 0.964 bits per heavy atom. The maximum Gasteiger partial charge on any atom is 0.514 e. The lowest BCUT2D eigenvalue weighted by atomic mass is 10.2. The molecule has 0 heterocycles. The zero-order valence-electron chi connectivity index (χ0n) is 15.9. The fourth-order valence-electron chi connectivity index (χ4n) is 1.77. The third-order valence-corrected chi connectivity index (χ3v) is 4.84. The minimum absolute atomic E-state index is 0.161. The van der Waals surface area contributed by atoms with Crippen molar-refractivity contribution in [2.75, 3.05) is 26.7 Å². The Hall–Kier alpha value is -2.27. The molecule has 0 spiro atoms. The molecule has 2 aromatic carbocycles. The first-order chi connectivity index (χ1) is 13.1. The number of ether oxygens (including phenoxy) is 3. The summed E-state index contributed by atoms with van der Waals surface area (Å²) in [6.45, 7) is 0.161. The lowest BCUT2D eigenvalue weighted by molar-refractivity contribution is 0.0927. The Morgan fingerprint density at radius 2 is 1.46 bits per heavy atom. The molecule has 28 heavy (non-hydrogen) atoms. The molecular weight excluding hydrogens is 408 g/mol. The number of carbonyl (C=O) groups excluding carboxylic acids is 1. The summed E-state index contributed by atoms with van der Waals surface area (Å²) < 4.78 is 46.3. The normalized spacial score (nSPS) is 10.6. The molecule has 0 radical (unpaired) electrons. The van der Waals surface area contributed by atoms with Crippen LogP contribution in [0.2, 0.25) is 0 Å². The summed E-state index contributed by atoms with van der Waals surface area (Å²) in [5.41, 5.74) is 0.870. The molecule has 0 aliphatic heterocycles. The van der Waals surface area contributed by atoms with Gasteiger partial charge in [-0.05, 0) is 42.0 Å². The van der Waals surface area contributed by atoms with Crippen LogP contribution in [-0.4, -0.2) is 45.9 Å². The molecule has 0 saturated heterocycles. The minimum atomic E-state index is -4.41. The number of rotatable bonds is 6. The van der Waals surface area contributed by atoms with Gasteiger partial charge in [0, 0.05) is 10.9 Å². The van der Waals surface area contributed by atoms with E-state index >= 15 is 0 Å². The van der Waals surface area contributed by atoms with Crippen molar-refractivity contribution in [3.63, 3.8) is 0 Å². The van der Waals surface area contributed by atoms with Crippen molar-refractivity contribution in [1.29, 1.82) is 0 Å². The molecule has 0 N–H and O–H groups in total. The molecule has 0 amide bonds. The van der Waals surface area contributed by atoms with Crippen molar-refractivity contribution in [2.24, 2.45) is 0 Å². The van der Waals surface area contributed by atoms with Crippen LogP contribution in [0.5, 0.6) is 11.5 Å². The van der Waals surface area contributed by atoms with E-state index in [9.17, 15) is 17.8 Å². The maximum absolute atomic E-state index is 11.7. The van der Waals surface area contributed by atoms with Crippen molar-refractivity contribution in [3.8, 4) is 11.5 Å². The molecule has 0 atom stereocenters. The zero-order chi connectivity index (χ0) is 21.2. The molecular formula is C18H22O8S2. The van der Waals surface area contributed by atoms with Crippen molar-refractivity contribution >= 4 is 27.4 Å². The van der Waals surface area contributed by atoms with E-state index < -0.39 is 16.6 Å². The Morgan fingerprint density at radius 3 is 1.89 bits per heavy atom. The van der Waals surface area contributed by atoms with E-state index in [-0.39, 0.29) is 17.5 Å². The second-order valence-electron chi connectivity index (χ2n) is 5.35. The molecule has 0 bridgehead atoms. The molecule has 8 nitrogen and oxygen atoms in total. The number of benzene rings is 2. The predicted molar refractivity (Wildman–Crippen MR) is 104 cm³/mol. The van der Waals surface area contributed by atoms with Crippen LogP contribution in [0.25, 0.3) is 0 Å². The molecule has 2 aromatic rings. The fourth-order valence-corrected chi connectivity index (χ4v) is 2.45. The molecule has 0 aliphatic rings. The quantitative estimate of drug-likeness (QED) is 0.226. The lowest BCUT2D eigenvalue weighted by Crippen LogP contribution is -2.10. The number of hydrogen-bond donors (Lipinski definition) is 0. The summed E-state index contributed by atoms with van der Waals surface area (Å²) in [4.78, 5) is 12.9. The van der Waals surface area contributed by atoms with Crippen LogP contribution in [0.4, 0.5) is 4.79 Å². The predicted octanol–water partition coefficient (Wildman–Crippen LogP) is 2.74. The highest BCUT2D eigenvalue weighted by atomic mass is 32.3. The lowest BCUT2D eigenvalue weighted by Gasteiger charge is -2.07. The standard InChI is InChI=1S/C17H19O4S.CH4O4S/c1-19-14-6-4-13(5-7-14)12-20-17(18)21-15-8-10-16(11-9-15)22(2)3;1-5-6(2,3)4/h4-11H,12H2,1-3H3;1H3,(H,2,3,4)/q+1;/p-1. The third kappa shape index (κ3) is 9.60. The highest BCUT2D eigenvalue weighted by Crippen LogP contribution is 2.17. The SMILES string of the molecule is COS(=O)(=O)[O-].COc1ccc(COC(=O)Oc2ccc([S+](C)C)cc2)cc1. The summed E-state index contributed by atoms with van der Waals surface area (Å²) >= 11 is 0. The number of carbonyl (C=O) groups is 1. The highest BCUT2D eigenvalue weighted by molar-refractivity contribution is 7.95. The van der Waals surface area contributed by atoms with Gasteiger partial charge in [0.1, 0.15) is 30.6 Å². The number of hydrogen-bond acceptors (Lipinski definition) is 8. The molecule has 0 unspecified atom stereocenters. The van der Waals surface area contributed by atoms with Gasteiger partial charge in [-0.1, -0.05) is 12.1 Å². The van der Waals surface area contributed by atoms with Crippen molar-refractivity contribution in [2.45, 2.75) is 11.5 Å². The van der Waals surface area contributed by atoms with Crippen LogP contribution < -0.4 is 9.47 Å². The van der Waals surface area contributed by atoms with E-state index in [0.717, 1.165) is 18.4 Å². The third-order valence-electron chi connectivity index (χ3n) is 3.22. The van der Waals surface area contributed by atoms with Gasteiger partial charge in [0.2, 0.25) is 10.4 Å².